The molecule has 3 rings (SSSR count). The van der Waals surface area contributed by atoms with Gasteiger partial charge in [0.15, 0.2) is 0 Å². The number of amides is 2. The molecule has 1 heterocycles. The predicted molar refractivity (Wildman–Crippen MR) is 131 cm³/mol. The van der Waals surface area contributed by atoms with Crippen LogP contribution >= 0.6 is 0 Å². The summed E-state index contributed by atoms with van der Waals surface area (Å²) >= 11 is 0. The van der Waals surface area contributed by atoms with Gasteiger partial charge in [0.25, 0.3) is 0 Å². The molecule has 8 nitrogen and oxygen atoms in total. The first-order valence-corrected chi connectivity index (χ1v) is 13.9. The van der Waals surface area contributed by atoms with Crippen LogP contribution in [-0.4, -0.2) is 64.0 Å². The van der Waals surface area contributed by atoms with Gasteiger partial charge in [-0.15, -0.1) is 0 Å². The summed E-state index contributed by atoms with van der Waals surface area (Å²) in [4.78, 5) is 28.1. The van der Waals surface area contributed by atoms with Crippen molar-refractivity contribution < 1.29 is 22.7 Å². The van der Waals surface area contributed by atoms with Gasteiger partial charge in [-0.05, 0) is 63.0 Å². The fraction of sp³-hybridized carbons (Fsp3) is 0.680. The van der Waals surface area contributed by atoms with Crippen LogP contribution in [0, 0.1) is 24.7 Å². The van der Waals surface area contributed by atoms with Crippen molar-refractivity contribution in [3.05, 3.63) is 29.8 Å². The number of hydrogen-bond donors (Lipinski definition) is 2. The average molecular weight is 494 g/mol. The molecule has 9 heteroatoms. The average Bonchev–Trinajstić information content (AvgIpc) is 2.83. The summed E-state index contributed by atoms with van der Waals surface area (Å²) in [5.74, 6) is 0.255. The number of carbonyl (C=O) groups excluding carboxylic acids is 2. The van der Waals surface area contributed by atoms with E-state index in [0.29, 0.717) is 52.1 Å². The van der Waals surface area contributed by atoms with Crippen molar-refractivity contribution in [3.63, 3.8) is 0 Å². The van der Waals surface area contributed by atoms with Crippen LogP contribution in [0.2, 0.25) is 0 Å². The zero-order chi connectivity index (χ0) is 24.7. The maximum atomic E-state index is 13.0. The molecule has 0 aromatic heterocycles. The van der Waals surface area contributed by atoms with Gasteiger partial charge in [-0.1, -0.05) is 31.5 Å². The highest BCUT2D eigenvalue weighted by Crippen LogP contribution is 2.29. The number of ether oxygens (including phenoxy) is 1. The van der Waals surface area contributed by atoms with E-state index in [0.717, 1.165) is 18.4 Å². The van der Waals surface area contributed by atoms with Gasteiger partial charge in [0.2, 0.25) is 21.8 Å². The molecule has 1 atom stereocenters. The number of nitrogens with one attached hydrogen (secondary N) is 2. The van der Waals surface area contributed by atoms with Crippen molar-refractivity contribution in [3.8, 4) is 0 Å². The molecule has 2 fully saturated rings. The standard InChI is InChI=1S/C25H39N3O5S/c1-18(2)16-23(25(30)28-12-14-33-15-13-28)27-24(29)21-8-6-20(7-9-21)17-26-34(31,32)22-10-4-19(3)5-11-22/h4-5,10-11,18,20-21,23,26H,6-9,12-17H2,1-3H3,(H,27,29)/t20?,21?,23-/m1/s1. The SMILES string of the molecule is Cc1ccc(S(=O)(=O)NCC2CCC(C(=O)N[C@H](CC(C)C)C(=O)N3CCOCC3)CC2)cc1. The van der Waals surface area contributed by atoms with Gasteiger partial charge in [-0.25, -0.2) is 13.1 Å². The molecule has 1 aromatic rings. The lowest BCUT2D eigenvalue weighted by molar-refractivity contribution is -0.141. The van der Waals surface area contributed by atoms with Crippen LogP contribution in [-0.2, 0) is 24.3 Å². The van der Waals surface area contributed by atoms with Crippen LogP contribution in [0.25, 0.3) is 0 Å². The smallest absolute Gasteiger partial charge is 0.245 e. The summed E-state index contributed by atoms with van der Waals surface area (Å²) in [6.07, 6.45) is 3.56. The molecule has 190 valence electrons. The summed E-state index contributed by atoms with van der Waals surface area (Å²) in [5.41, 5.74) is 1.01. The van der Waals surface area contributed by atoms with Crippen molar-refractivity contribution >= 4 is 21.8 Å². The zero-order valence-corrected chi connectivity index (χ0v) is 21.4. The number of sulfonamides is 1. The third-order valence-corrected chi connectivity index (χ3v) is 8.19. The highest BCUT2D eigenvalue weighted by Gasteiger charge is 2.32. The number of carbonyl (C=O) groups is 2. The first kappa shape index (κ1) is 26.6. The second kappa shape index (κ2) is 12.1. The quantitative estimate of drug-likeness (QED) is 0.550. The topological polar surface area (TPSA) is 105 Å². The lowest BCUT2D eigenvalue weighted by Crippen LogP contribution is -2.53. The van der Waals surface area contributed by atoms with E-state index in [4.69, 9.17) is 4.74 Å². The number of benzene rings is 1. The number of rotatable bonds is 9. The number of morpholine rings is 1. The van der Waals surface area contributed by atoms with E-state index in [1.54, 1.807) is 29.2 Å². The minimum Gasteiger partial charge on any atom is -0.378 e. The minimum absolute atomic E-state index is 0.0236. The maximum Gasteiger partial charge on any atom is 0.245 e. The summed E-state index contributed by atoms with van der Waals surface area (Å²) in [7, 11) is -3.53. The number of nitrogens with zero attached hydrogens (tertiary/aromatic N) is 1. The Morgan fingerprint density at radius 2 is 1.68 bits per heavy atom. The second-order valence-electron chi connectivity index (χ2n) is 10.0. The fourth-order valence-electron chi connectivity index (χ4n) is 4.64. The molecule has 0 bridgehead atoms. The third kappa shape index (κ3) is 7.52. The van der Waals surface area contributed by atoms with Crippen LogP contribution < -0.4 is 10.0 Å². The van der Waals surface area contributed by atoms with Crippen LogP contribution in [0.15, 0.2) is 29.2 Å². The molecule has 1 saturated heterocycles. The maximum absolute atomic E-state index is 13.0. The second-order valence-corrected chi connectivity index (χ2v) is 11.8. The summed E-state index contributed by atoms with van der Waals surface area (Å²) in [6, 6.07) is 6.29. The van der Waals surface area contributed by atoms with Crippen molar-refractivity contribution in [2.45, 2.75) is 63.8 Å². The molecule has 1 aromatic carbocycles. The summed E-state index contributed by atoms with van der Waals surface area (Å²) in [5, 5.41) is 3.03. The van der Waals surface area contributed by atoms with Crippen LogP contribution in [0.1, 0.15) is 51.5 Å². The van der Waals surface area contributed by atoms with E-state index in [2.05, 4.69) is 23.9 Å². The first-order chi connectivity index (χ1) is 16.2. The largest absolute Gasteiger partial charge is 0.378 e. The molecule has 1 saturated carbocycles. The van der Waals surface area contributed by atoms with Gasteiger partial charge >= 0.3 is 0 Å². The third-order valence-electron chi connectivity index (χ3n) is 6.76. The van der Waals surface area contributed by atoms with E-state index in [9.17, 15) is 18.0 Å². The molecular formula is C25H39N3O5S. The van der Waals surface area contributed by atoms with E-state index in [-0.39, 0.29) is 34.5 Å². The van der Waals surface area contributed by atoms with Crippen LogP contribution in [0.5, 0.6) is 0 Å². The Morgan fingerprint density at radius 3 is 2.26 bits per heavy atom. The predicted octanol–water partition coefficient (Wildman–Crippen LogP) is 2.47. The molecule has 2 aliphatic rings. The van der Waals surface area contributed by atoms with Crippen LogP contribution in [0.3, 0.4) is 0 Å². The monoisotopic (exact) mass is 493 g/mol. The Hall–Kier alpha value is -1.97. The molecule has 34 heavy (non-hydrogen) atoms. The Kier molecular flexibility index (Phi) is 9.50. The Bertz CT molecular complexity index is 918. The van der Waals surface area contributed by atoms with Crippen molar-refractivity contribution in [2.75, 3.05) is 32.8 Å². The van der Waals surface area contributed by atoms with Crippen molar-refractivity contribution in [1.82, 2.24) is 14.9 Å². The Morgan fingerprint density at radius 1 is 1.06 bits per heavy atom. The van der Waals surface area contributed by atoms with Crippen molar-refractivity contribution in [2.24, 2.45) is 17.8 Å². The lowest BCUT2D eigenvalue weighted by Gasteiger charge is -2.33. The van der Waals surface area contributed by atoms with E-state index in [1.165, 1.54) is 0 Å². The van der Waals surface area contributed by atoms with Gasteiger partial charge in [0, 0.05) is 25.6 Å². The Balaban J connectivity index is 1.48. The molecule has 0 spiro atoms. The van der Waals surface area contributed by atoms with E-state index >= 15 is 0 Å². The van der Waals surface area contributed by atoms with Gasteiger partial charge in [-0.3, -0.25) is 9.59 Å². The van der Waals surface area contributed by atoms with Gasteiger partial charge in [-0.2, -0.15) is 0 Å². The molecule has 0 radical (unpaired) electrons. The molecule has 1 aliphatic heterocycles. The zero-order valence-electron chi connectivity index (χ0n) is 20.6. The van der Waals surface area contributed by atoms with E-state index in [1.807, 2.05) is 6.92 Å². The van der Waals surface area contributed by atoms with Gasteiger partial charge in [0.1, 0.15) is 6.04 Å². The highest BCUT2D eigenvalue weighted by atomic mass is 32.2. The minimum atomic E-state index is -3.53. The highest BCUT2D eigenvalue weighted by molar-refractivity contribution is 7.89. The first-order valence-electron chi connectivity index (χ1n) is 12.4. The molecular weight excluding hydrogens is 454 g/mol. The lowest BCUT2D eigenvalue weighted by atomic mass is 9.81. The summed E-state index contributed by atoms with van der Waals surface area (Å²) < 4.78 is 33.2. The Labute approximate surface area is 203 Å². The fourth-order valence-corrected chi connectivity index (χ4v) is 5.76. The van der Waals surface area contributed by atoms with Gasteiger partial charge in [0.05, 0.1) is 18.1 Å². The van der Waals surface area contributed by atoms with Gasteiger partial charge < -0.3 is 15.0 Å². The van der Waals surface area contributed by atoms with Crippen molar-refractivity contribution in [1.29, 1.82) is 0 Å². The van der Waals surface area contributed by atoms with E-state index < -0.39 is 16.1 Å². The molecule has 1 aliphatic carbocycles. The van der Waals surface area contributed by atoms with Crippen LogP contribution in [0.4, 0.5) is 0 Å². The number of hydrogen-bond acceptors (Lipinski definition) is 5. The molecule has 2 N–H and O–H groups in total. The number of aryl methyl sites for hydroxylation is 1. The summed E-state index contributed by atoms with van der Waals surface area (Å²) in [6.45, 7) is 8.58. The normalized spacial score (nSPS) is 22.4. The molecule has 2 amide bonds. The molecule has 0 unspecified atom stereocenters.